The van der Waals surface area contributed by atoms with E-state index in [4.69, 9.17) is 9.47 Å². The van der Waals surface area contributed by atoms with Crippen molar-refractivity contribution in [3.8, 4) is 23.0 Å². The lowest BCUT2D eigenvalue weighted by molar-refractivity contribution is 0.298. The van der Waals surface area contributed by atoms with Gasteiger partial charge < -0.3 is 19.7 Å². The number of rotatable bonds is 7. The molecule has 0 fully saturated rings. The van der Waals surface area contributed by atoms with Crippen LogP contribution in [0.2, 0.25) is 0 Å². The van der Waals surface area contributed by atoms with Crippen molar-refractivity contribution < 1.29 is 19.7 Å². The highest BCUT2D eigenvalue weighted by molar-refractivity contribution is 5.56. The highest BCUT2D eigenvalue weighted by Crippen LogP contribution is 2.42. The summed E-state index contributed by atoms with van der Waals surface area (Å²) in [6.45, 7) is 0.317. The molecule has 31 heavy (non-hydrogen) atoms. The summed E-state index contributed by atoms with van der Waals surface area (Å²) in [6, 6.07) is 30.8. The predicted molar refractivity (Wildman–Crippen MR) is 121 cm³/mol. The van der Waals surface area contributed by atoms with Gasteiger partial charge in [0.05, 0.1) is 7.11 Å². The fraction of sp³-hybridized carbons (Fsp3) is 0.111. The summed E-state index contributed by atoms with van der Waals surface area (Å²) in [5.41, 5.74) is 3.87. The van der Waals surface area contributed by atoms with Crippen molar-refractivity contribution in [2.75, 3.05) is 7.11 Å². The number of methoxy groups -OCH3 is 1. The van der Waals surface area contributed by atoms with Crippen molar-refractivity contribution in [3.63, 3.8) is 0 Å². The molecule has 0 atom stereocenters. The van der Waals surface area contributed by atoms with Crippen molar-refractivity contribution in [3.05, 3.63) is 119 Å². The summed E-state index contributed by atoms with van der Waals surface area (Å²) in [5, 5.41) is 20.5. The van der Waals surface area contributed by atoms with Gasteiger partial charge in [-0.1, -0.05) is 72.8 Å². The molecule has 0 heterocycles. The molecule has 0 aliphatic carbocycles. The largest absolute Gasteiger partial charge is 0.504 e. The fourth-order valence-corrected chi connectivity index (χ4v) is 3.65. The van der Waals surface area contributed by atoms with E-state index in [1.165, 1.54) is 6.07 Å². The zero-order valence-electron chi connectivity index (χ0n) is 17.2. The smallest absolute Gasteiger partial charge is 0.161 e. The van der Waals surface area contributed by atoms with Crippen molar-refractivity contribution in [2.45, 2.75) is 12.5 Å². The number of hydrogen-bond donors (Lipinski definition) is 2. The second-order valence-corrected chi connectivity index (χ2v) is 7.27. The average Bonchev–Trinajstić information content (AvgIpc) is 2.82. The van der Waals surface area contributed by atoms with Gasteiger partial charge in [0.1, 0.15) is 18.1 Å². The molecule has 4 aromatic rings. The Morgan fingerprint density at radius 2 is 1.26 bits per heavy atom. The Hall–Kier alpha value is -3.92. The Balaban J connectivity index is 1.75. The summed E-state index contributed by atoms with van der Waals surface area (Å²) in [6.07, 6.45) is 0. The highest BCUT2D eigenvalue weighted by Gasteiger charge is 2.23. The van der Waals surface area contributed by atoms with Gasteiger partial charge in [0.15, 0.2) is 11.5 Å². The van der Waals surface area contributed by atoms with Gasteiger partial charge in [-0.05, 0) is 34.9 Å². The maximum atomic E-state index is 10.3. The SMILES string of the molecule is COc1ccc(COc2cc(O)c(O)cc2C(c2ccccc2)c2ccccc2)cc1. The summed E-state index contributed by atoms with van der Waals surface area (Å²) < 4.78 is 11.4. The molecule has 0 radical (unpaired) electrons. The molecule has 4 rings (SSSR count). The molecule has 0 spiro atoms. The standard InChI is InChI=1S/C27H24O4/c1-30-22-14-12-19(13-15-22)18-31-26-17-25(29)24(28)16-23(26)27(20-8-4-2-5-9-20)21-10-6-3-7-11-21/h2-17,27-29H,18H2,1H3. The lowest BCUT2D eigenvalue weighted by Gasteiger charge is -2.22. The number of aromatic hydroxyl groups is 2. The highest BCUT2D eigenvalue weighted by atomic mass is 16.5. The van der Waals surface area contributed by atoms with E-state index in [9.17, 15) is 10.2 Å². The summed E-state index contributed by atoms with van der Waals surface area (Å²) in [4.78, 5) is 0. The number of phenolic OH excluding ortho intramolecular Hbond substituents is 2. The van der Waals surface area contributed by atoms with Crippen LogP contribution in [-0.4, -0.2) is 17.3 Å². The van der Waals surface area contributed by atoms with Crippen LogP contribution in [0.3, 0.4) is 0 Å². The van der Waals surface area contributed by atoms with Crippen molar-refractivity contribution in [2.24, 2.45) is 0 Å². The lowest BCUT2D eigenvalue weighted by atomic mass is 9.84. The minimum Gasteiger partial charge on any atom is -0.504 e. The van der Waals surface area contributed by atoms with Crippen LogP contribution >= 0.6 is 0 Å². The molecule has 0 aliphatic heterocycles. The molecule has 2 N–H and O–H groups in total. The first-order chi connectivity index (χ1) is 15.2. The van der Waals surface area contributed by atoms with Crippen LogP contribution in [-0.2, 0) is 6.61 Å². The fourth-order valence-electron chi connectivity index (χ4n) is 3.65. The first-order valence-corrected chi connectivity index (χ1v) is 10.1. The van der Waals surface area contributed by atoms with Gasteiger partial charge in [-0.25, -0.2) is 0 Å². The number of phenols is 2. The Bertz CT molecular complexity index is 1080. The van der Waals surface area contributed by atoms with Gasteiger partial charge in [0, 0.05) is 17.5 Å². The molecule has 4 heteroatoms. The van der Waals surface area contributed by atoms with Gasteiger partial charge in [-0.2, -0.15) is 0 Å². The zero-order valence-corrected chi connectivity index (χ0v) is 17.2. The molecule has 0 unspecified atom stereocenters. The summed E-state index contributed by atoms with van der Waals surface area (Å²) in [5.74, 6) is 0.737. The predicted octanol–water partition coefficient (Wildman–Crippen LogP) is 5.87. The van der Waals surface area contributed by atoms with Crippen molar-refractivity contribution >= 4 is 0 Å². The maximum Gasteiger partial charge on any atom is 0.161 e. The monoisotopic (exact) mass is 412 g/mol. The average molecular weight is 412 g/mol. The zero-order chi connectivity index (χ0) is 21.6. The minimum absolute atomic E-state index is 0.167. The minimum atomic E-state index is -0.214. The van der Waals surface area contributed by atoms with E-state index in [0.717, 1.165) is 28.0 Å². The molecule has 0 saturated heterocycles. The second kappa shape index (κ2) is 9.26. The maximum absolute atomic E-state index is 10.3. The van der Waals surface area contributed by atoms with Crippen LogP contribution in [0.4, 0.5) is 0 Å². The molecule has 0 saturated carbocycles. The molecule has 156 valence electrons. The van der Waals surface area contributed by atoms with E-state index in [2.05, 4.69) is 24.3 Å². The Kier molecular flexibility index (Phi) is 6.08. The molecule has 0 aromatic heterocycles. The normalized spacial score (nSPS) is 10.8. The van der Waals surface area contributed by atoms with Crippen molar-refractivity contribution in [1.29, 1.82) is 0 Å². The van der Waals surface area contributed by atoms with Crippen LogP contribution in [0.5, 0.6) is 23.0 Å². The molecule has 4 aromatic carbocycles. The number of ether oxygens (including phenoxy) is 2. The van der Waals surface area contributed by atoms with Crippen LogP contribution in [0.15, 0.2) is 97.1 Å². The van der Waals surface area contributed by atoms with E-state index in [-0.39, 0.29) is 17.4 Å². The molecular formula is C27H24O4. The third-order valence-corrected chi connectivity index (χ3v) is 5.24. The van der Waals surface area contributed by atoms with E-state index in [1.807, 2.05) is 60.7 Å². The van der Waals surface area contributed by atoms with Crippen LogP contribution < -0.4 is 9.47 Å². The van der Waals surface area contributed by atoms with Gasteiger partial charge >= 0.3 is 0 Å². The van der Waals surface area contributed by atoms with E-state index in [1.54, 1.807) is 13.2 Å². The quantitative estimate of drug-likeness (QED) is 0.295. The first kappa shape index (κ1) is 20.4. The van der Waals surface area contributed by atoms with Gasteiger partial charge in [-0.3, -0.25) is 0 Å². The third kappa shape index (κ3) is 4.64. The lowest BCUT2D eigenvalue weighted by Crippen LogP contribution is -2.07. The van der Waals surface area contributed by atoms with Crippen LogP contribution in [0.25, 0.3) is 0 Å². The van der Waals surface area contributed by atoms with Gasteiger partial charge in [-0.15, -0.1) is 0 Å². The Morgan fingerprint density at radius 3 is 1.81 bits per heavy atom. The molecule has 0 aliphatic rings. The summed E-state index contributed by atoms with van der Waals surface area (Å²) in [7, 11) is 1.63. The topological polar surface area (TPSA) is 58.9 Å². The summed E-state index contributed by atoms with van der Waals surface area (Å²) >= 11 is 0. The van der Waals surface area contributed by atoms with E-state index < -0.39 is 0 Å². The van der Waals surface area contributed by atoms with E-state index in [0.29, 0.717) is 12.4 Å². The van der Waals surface area contributed by atoms with Crippen LogP contribution in [0.1, 0.15) is 28.2 Å². The van der Waals surface area contributed by atoms with Gasteiger partial charge in [0.2, 0.25) is 0 Å². The first-order valence-electron chi connectivity index (χ1n) is 10.1. The second-order valence-electron chi connectivity index (χ2n) is 7.27. The Labute approximate surface area is 182 Å². The molecule has 0 amide bonds. The number of benzene rings is 4. The molecular weight excluding hydrogens is 388 g/mol. The third-order valence-electron chi connectivity index (χ3n) is 5.24. The number of hydrogen-bond acceptors (Lipinski definition) is 4. The van der Waals surface area contributed by atoms with E-state index >= 15 is 0 Å². The van der Waals surface area contributed by atoms with Gasteiger partial charge in [0.25, 0.3) is 0 Å². The molecule has 4 nitrogen and oxygen atoms in total. The van der Waals surface area contributed by atoms with Crippen molar-refractivity contribution in [1.82, 2.24) is 0 Å². The molecule has 0 bridgehead atoms. The Morgan fingerprint density at radius 1 is 0.710 bits per heavy atom. The van der Waals surface area contributed by atoms with Crippen LogP contribution in [0, 0.1) is 0 Å².